The van der Waals surface area contributed by atoms with Crippen molar-refractivity contribution >= 4 is 45.0 Å². The van der Waals surface area contributed by atoms with E-state index in [4.69, 9.17) is 11.6 Å². The third-order valence-electron chi connectivity index (χ3n) is 3.74. The van der Waals surface area contributed by atoms with E-state index in [0.29, 0.717) is 10.7 Å². The summed E-state index contributed by atoms with van der Waals surface area (Å²) < 4.78 is 0. The number of halogens is 1. The van der Waals surface area contributed by atoms with Crippen molar-refractivity contribution in [1.29, 1.82) is 0 Å². The average Bonchev–Trinajstić information content (AvgIpc) is 2.94. The Morgan fingerprint density at radius 1 is 1.12 bits per heavy atom. The summed E-state index contributed by atoms with van der Waals surface area (Å²) in [7, 11) is 0. The lowest BCUT2D eigenvalue weighted by atomic mass is 10.1. The van der Waals surface area contributed by atoms with Crippen LogP contribution in [0.4, 0.5) is 5.69 Å². The van der Waals surface area contributed by atoms with E-state index in [1.54, 1.807) is 18.5 Å². The molecule has 1 aromatic carbocycles. The fraction of sp³-hybridized carbons (Fsp3) is 0. The minimum absolute atomic E-state index is 0.174. The fourth-order valence-corrected chi connectivity index (χ4v) is 2.90. The summed E-state index contributed by atoms with van der Waals surface area (Å²) in [6, 6.07) is 9.77. The first-order valence-corrected chi connectivity index (χ1v) is 7.55. The highest BCUT2D eigenvalue weighted by molar-refractivity contribution is 6.33. The third-order valence-corrected chi connectivity index (χ3v) is 3.95. The molecule has 7 heteroatoms. The van der Waals surface area contributed by atoms with Gasteiger partial charge < -0.3 is 15.3 Å². The summed E-state index contributed by atoms with van der Waals surface area (Å²) in [5.74, 6) is -0.423. The van der Waals surface area contributed by atoms with E-state index in [1.165, 1.54) is 18.2 Å². The molecule has 0 aliphatic rings. The summed E-state index contributed by atoms with van der Waals surface area (Å²) in [6.07, 6.45) is 3.41. The molecule has 0 fully saturated rings. The van der Waals surface area contributed by atoms with E-state index in [-0.39, 0.29) is 11.3 Å². The van der Waals surface area contributed by atoms with E-state index < -0.39 is 5.91 Å². The molecule has 4 rings (SSSR count). The van der Waals surface area contributed by atoms with Crippen LogP contribution in [0, 0.1) is 0 Å². The molecule has 24 heavy (non-hydrogen) atoms. The van der Waals surface area contributed by atoms with Crippen molar-refractivity contribution in [3.05, 3.63) is 69.9 Å². The van der Waals surface area contributed by atoms with Crippen molar-refractivity contribution in [2.75, 3.05) is 5.32 Å². The molecular weight excluding hydrogens is 328 g/mol. The smallest absolute Gasteiger partial charge is 0.272 e. The van der Waals surface area contributed by atoms with Crippen LogP contribution in [0.15, 0.2) is 53.6 Å². The second kappa shape index (κ2) is 5.50. The quantitative estimate of drug-likeness (QED) is 0.523. The van der Waals surface area contributed by atoms with Crippen LogP contribution in [0.3, 0.4) is 0 Å². The van der Waals surface area contributed by atoms with E-state index in [1.807, 2.05) is 12.1 Å². The summed E-state index contributed by atoms with van der Waals surface area (Å²) in [5, 5.41) is 5.13. The van der Waals surface area contributed by atoms with Crippen LogP contribution >= 0.6 is 11.6 Å². The second-order valence-electron chi connectivity index (χ2n) is 5.31. The minimum Gasteiger partial charge on any atom is -0.352 e. The lowest BCUT2D eigenvalue weighted by Crippen LogP contribution is -2.18. The predicted molar refractivity (Wildman–Crippen MR) is 93.6 cm³/mol. The van der Waals surface area contributed by atoms with Crippen molar-refractivity contribution in [2.45, 2.75) is 0 Å². The molecule has 4 aromatic rings. The number of aromatic nitrogens is 3. The number of aromatic amines is 2. The van der Waals surface area contributed by atoms with Crippen LogP contribution < -0.4 is 10.9 Å². The van der Waals surface area contributed by atoms with Gasteiger partial charge in [0.25, 0.3) is 5.91 Å². The standard InChI is InChI=1S/C17H11ClN4O2/c18-9-6-11-10-4-5-19-8-14(10)21-16(11)13(7-9)22-17(24)12-2-1-3-15(23)20-12/h1-8,21H,(H,20,23)(H,22,24). The molecule has 0 bridgehead atoms. The molecule has 0 atom stereocenters. The fourth-order valence-electron chi connectivity index (χ4n) is 2.69. The van der Waals surface area contributed by atoms with E-state index >= 15 is 0 Å². The van der Waals surface area contributed by atoms with Gasteiger partial charge in [-0.15, -0.1) is 0 Å². The Morgan fingerprint density at radius 2 is 2.00 bits per heavy atom. The van der Waals surface area contributed by atoms with Crippen molar-refractivity contribution < 1.29 is 4.79 Å². The van der Waals surface area contributed by atoms with Gasteiger partial charge >= 0.3 is 0 Å². The maximum Gasteiger partial charge on any atom is 0.272 e. The first-order valence-electron chi connectivity index (χ1n) is 7.17. The van der Waals surface area contributed by atoms with Crippen LogP contribution in [0.5, 0.6) is 0 Å². The van der Waals surface area contributed by atoms with Crippen LogP contribution in [0.2, 0.25) is 5.02 Å². The molecule has 0 aliphatic carbocycles. The topological polar surface area (TPSA) is 90.6 Å². The first kappa shape index (κ1) is 14.5. The van der Waals surface area contributed by atoms with Gasteiger partial charge in [0.15, 0.2) is 0 Å². The Kier molecular flexibility index (Phi) is 3.32. The highest BCUT2D eigenvalue weighted by Gasteiger charge is 2.13. The Morgan fingerprint density at radius 3 is 2.83 bits per heavy atom. The molecular formula is C17H11ClN4O2. The molecule has 0 aliphatic heterocycles. The zero-order chi connectivity index (χ0) is 16.7. The normalized spacial score (nSPS) is 11.0. The first-order chi connectivity index (χ1) is 11.6. The molecule has 0 spiro atoms. The number of H-pyrrole nitrogens is 2. The van der Waals surface area contributed by atoms with E-state index in [9.17, 15) is 9.59 Å². The number of hydrogen-bond acceptors (Lipinski definition) is 3. The van der Waals surface area contributed by atoms with Gasteiger partial charge in [0, 0.05) is 28.1 Å². The molecule has 0 unspecified atom stereocenters. The van der Waals surface area contributed by atoms with Gasteiger partial charge in [0.1, 0.15) is 5.69 Å². The van der Waals surface area contributed by atoms with Crippen LogP contribution in [-0.4, -0.2) is 20.9 Å². The molecule has 3 aromatic heterocycles. The number of carbonyl (C=O) groups excluding carboxylic acids is 1. The Balaban J connectivity index is 1.84. The number of carbonyl (C=O) groups is 1. The third kappa shape index (κ3) is 2.43. The zero-order valence-electron chi connectivity index (χ0n) is 12.3. The van der Waals surface area contributed by atoms with E-state index in [0.717, 1.165) is 21.8 Å². The summed E-state index contributed by atoms with van der Waals surface area (Å²) in [4.78, 5) is 33.6. The van der Waals surface area contributed by atoms with Gasteiger partial charge in [-0.25, -0.2) is 0 Å². The summed E-state index contributed by atoms with van der Waals surface area (Å²) >= 11 is 6.20. The highest BCUT2D eigenvalue weighted by atomic mass is 35.5. The molecule has 1 amide bonds. The van der Waals surface area contributed by atoms with Crippen molar-refractivity contribution in [3.63, 3.8) is 0 Å². The maximum atomic E-state index is 12.4. The number of hydrogen-bond donors (Lipinski definition) is 3. The number of benzene rings is 1. The summed E-state index contributed by atoms with van der Waals surface area (Å²) in [6.45, 7) is 0. The molecule has 6 nitrogen and oxygen atoms in total. The second-order valence-corrected chi connectivity index (χ2v) is 5.74. The Hall–Kier alpha value is -3.12. The van der Waals surface area contributed by atoms with E-state index in [2.05, 4.69) is 20.3 Å². The largest absolute Gasteiger partial charge is 0.352 e. The van der Waals surface area contributed by atoms with Crippen molar-refractivity contribution in [3.8, 4) is 0 Å². The molecule has 0 saturated heterocycles. The molecule has 118 valence electrons. The average molecular weight is 339 g/mol. The molecule has 3 N–H and O–H groups in total. The Labute approximate surface area is 140 Å². The van der Waals surface area contributed by atoms with Gasteiger partial charge in [-0.1, -0.05) is 17.7 Å². The number of anilines is 1. The Bertz CT molecular complexity index is 1150. The van der Waals surface area contributed by atoms with Gasteiger partial charge in [-0.2, -0.15) is 0 Å². The van der Waals surface area contributed by atoms with Gasteiger partial charge in [0.05, 0.1) is 22.9 Å². The number of nitrogens with one attached hydrogen (secondary N) is 3. The van der Waals surface area contributed by atoms with Gasteiger partial charge in [-0.05, 0) is 24.3 Å². The molecule has 0 radical (unpaired) electrons. The van der Waals surface area contributed by atoms with Gasteiger partial charge in [0.2, 0.25) is 5.56 Å². The number of amides is 1. The van der Waals surface area contributed by atoms with Crippen LogP contribution in [0.25, 0.3) is 21.8 Å². The van der Waals surface area contributed by atoms with Crippen molar-refractivity contribution in [2.24, 2.45) is 0 Å². The lowest BCUT2D eigenvalue weighted by molar-refractivity contribution is 0.102. The minimum atomic E-state index is -0.423. The monoisotopic (exact) mass is 338 g/mol. The zero-order valence-corrected chi connectivity index (χ0v) is 13.0. The molecule has 3 heterocycles. The maximum absolute atomic E-state index is 12.4. The highest BCUT2D eigenvalue weighted by Crippen LogP contribution is 2.33. The van der Waals surface area contributed by atoms with Crippen molar-refractivity contribution in [1.82, 2.24) is 15.0 Å². The lowest BCUT2D eigenvalue weighted by Gasteiger charge is -2.07. The number of pyridine rings is 2. The number of nitrogens with zero attached hydrogens (tertiary/aromatic N) is 1. The molecule has 0 saturated carbocycles. The number of rotatable bonds is 2. The SMILES string of the molecule is O=C(Nc1cc(Cl)cc2c1[nH]c1cnccc12)c1cccc(=O)[nH]1. The predicted octanol–water partition coefficient (Wildman–Crippen LogP) is 3.31. The van der Waals surface area contributed by atoms with Gasteiger partial charge in [-0.3, -0.25) is 14.6 Å². The van der Waals surface area contributed by atoms with Crippen LogP contribution in [-0.2, 0) is 0 Å². The summed E-state index contributed by atoms with van der Waals surface area (Å²) in [5.41, 5.74) is 1.96. The number of fused-ring (bicyclic) bond motifs is 3. The van der Waals surface area contributed by atoms with Crippen LogP contribution in [0.1, 0.15) is 10.5 Å².